The van der Waals surface area contributed by atoms with Gasteiger partial charge in [0.2, 0.25) is 11.6 Å². The van der Waals surface area contributed by atoms with Gasteiger partial charge in [-0.15, -0.1) is 0 Å². The van der Waals surface area contributed by atoms with E-state index in [1.807, 2.05) is 18.2 Å². The maximum atomic E-state index is 12.5. The van der Waals surface area contributed by atoms with Crippen LogP contribution in [0.25, 0.3) is 22.6 Å². The molecule has 0 bridgehead atoms. The topological polar surface area (TPSA) is 82.8 Å². The molecule has 0 spiro atoms. The van der Waals surface area contributed by atoms with E-state index in [0.717, 1.165) is 3.57 Å². The molecule has 0 atom stereocenters. The first-order valence-corrected chi connectivity index (χ1v) is 10.4. The van der Waals surface area contributed by atoms with Crippen LogP contribution in [-0.2, 0) is 0 Å². The summed E-state index contributed by atoms with van der Waals surface area (Å²) >= 11 is 2.18. The van der Waals surface area contributed by atoms with Crippen molar-refractivity contribution in [2.45, 2.75) is 0 Å². The normalized spacial score (nSPS) is 10.7. The largest absolute Gasteiger partial charge is 0.493 e. The number of rotatable bonds is 6. The number of carbonyl (C=O) groups excluding carboxylic acids is 1. The Kier molecular flexibility index (Phi) is 5.99. The summed E-state index contributed by atoms with van der Waals surface area (Å²) in [5.74, 6) is 1.71. The molecule has 7 nitrogen and oxygen atoms in total. The van der Waals surface area contributed by atoms with Crippen LogP contribution in [0.3, 0.4) is 0 Å². The minimum Gasteiger partial charge on any atom is -0.493 e. The molecule has 8 heteroatoms. The summed E-state index contributed by atoms with van der Waals surface area (Å²) < 4.78 is 23.1. The van der Waals surface area contributed by atoms with Crippen LogP contribution in [0.5, 0.6) is 17.2 Å². The lowest BCUT2D eigenvalue weighted by Crippen LogP contribution is -2.11. The second-order valence-electron chi connectivity index (χ2n) is 6.58. The van der Waals surface area contributed by atoms with E-state index in [1.54, 1.807) is 57.7 Å². The van der Waals surface area contributed by atoms with Crippen molar-refractivity contribution in [2.75, 3.05) is 26.6 Å². The number of nitrogens with one attached hydrogen (secondary N) is 1. The maximum Gasteiger partial charge on any atom is 0.255 e. The molecule has 31 heavy (non-hydrogen) atoms. The van der Waals surface area contributed by atoms with E-state index in [-0.39, 0.29) is 5.91 Å². The third-order valence-corrected chi connectivity index (χ3v) is 5.31. The molecule has 1 aromatic heterocycles. The molecule has 0 aliphatic heterocycles. The number of halogens is 1. The summed E-state index contributed by atoms with van der Waals surface area (Å²) in [7, 11) is 4.65. The molecule has 0 aliphatic rings. The van der Waals surface area contributed by atoms with E-state index in [0.29, 0.717) is 51.1 Å². The number of hydrogen-bond acceptors (Lipinski definition) is 6. The van der Waals surface area contributed by atoms with Crippen molar-refractivity contribution in [3.8, 4) is 28.7 Å². The highest BCUT2D eigenvalue weighted by Gasteiger charge is 2.17. The molecule has 0 fully saturated rings. The monoisotopic (exact) mass is 530 g/mol. The van der Waals surface area contributed by atoms with E-state index in [9.17, 15) is 4.79 Å². The smallest absolute Gasteiger partial charge is 0.255 e. The van der Waals surface area contributed by atoms with Gasteiger partial charge in [-0.25, -0.2) is 4.98 Å². The molecule has 1 amide bonds. The van der Waals surface area contributed by atoms with Crippen molar-refractivity contribution < 1.29 is 23.4 Å². The number of ether oxygens (including phenoxy) is 3. The lowest BCUT2D eigenvalue weighted by atomic mass is 10.2. The number of amides is 1. The van der Waals surface area contributed by atoms with Crippen molar-refractivity contribution in [1.29, 1.82) is 0 Å². The number of benzene rings is 3. The van der Waals surface area contributed by atoms with Gasteiger partial charge in [0.05, 0.1) is 21.3 Å². The predicted octanol–water partition coefficient (Wildman–Crippen LogP) is 5.38. The number of aromatic nitrogens is 1. The van der Waals surface area contributed by atoms with Crippen molar-refractivity contribution >= 4 is 45.3 Å². The van der Waals surface area contributed by atoms with Crippen LogP contribution in [0.4, 0.5) is 5.69 Å². The zero-order valence-electron chi connectivity index (χ0n) is 17.1. The second kappa shape index (κ2) is 8.84. The Hall–Kier alpha value is -3.27. The lowest BCUT2D eigenvalue weighted by Gasteiger charge is -2.12. The third-order valence-electron chi connectivity index (χ3n) is 4.64. The third kappa shape index (κ3) is 4.29. The molecule has 4 aromatic rings. The Morgan fingerprint density at radius 2 is 1.71 bits per heavy atom. The van der Waals surface area contributed by atoms with E-state index in [1.165, 1.54) is 0 Å². The van der Waals surface area contributed by atoms with Crippen molar-refractivity contribution in [3.05, 3.63) is 63.7 Å². The fraction of sp³-hybridized carbons (Fsp3) is 0.130. The van der Waals surface area contributed by atoms with E-state index in [2.05, 4.69) is 32.9 Å². The number of carbonyl (C=O) groups is 1. The van der Waals surface area contributed by atoms with Gasteiger partial charge in [-0.3, -0.25) is 4.79 Å². The van der Waals surface area contributed by atoms with Crippen LogP contribution in [-0.4, -0.2) is 32.2 Å². The summed E-state index contributed by atoms with van der Waals surface area (Å²) in [6, 6.07) is 16.2. The molecule has 0 aliphatic carbocycles. The molecule has 0 saturated heterocycles. The van der Waals surface area contributed by atoms with Gasteiger partial charge in [0, 0.05) is 20.4 Å². The second-order valence-corrected chi connectivity index (χ2v) is 7.83. The van der Waals surface area contributed by atoms with Crippen LogP contribution in [0.15, 0.2) is 59.0 Å². The van der Waals surface area contributed by atoms with E-state index < -0.39 is 0 Å². The molecule has 1 heterocycles. The molecule has 0 radical (unpaired) electrons. The average molecular weight is 530 g/mol. The quantitative estimate of drug-likeness (QED) is 0.338. The highest BCUT2D eigenvalue weighted by molar-refractivity contribution is 14.1. The van der Waals surface area contributed by atoms with Crippen molar-refractivity contribution in [1.82, 2.24) is 4.98 Å². The summed E-state index contributed by atoms with van der Waals surface area (Å²) in [6.45, 7) is 0. The van der Waals surface area contributed by atoms with E-state index in [4.69, 9.17) is 18.6 Å². The van der Waals surface area contributed by atoms with Crippen LogP contribution in [0, 0.1) is 3.57 Å². The molecular weight excluding hydrogens is 511 g/mol. The number of nitrogens with zero attached hydrogens (tertiary/aromatic N) is 1. The first-order chi connectivity index (χ1) is 15.0. The van der Waals surface area contributed by atoms with Crippen LogP contribution < -0.4 is 19.5 Å². The first-order valence-electron chi connectivity index (χ1n) is 9.30. The first kappa shape index (κ1) is 21.0. The maximum absolute atomic E-state index is 12.5. The zero-order valence-corrected chi connectivity index (χ0v) is 19.2. The van der Waals surface area contributed by atoms with Crippen LogP contribution in [0.1, 0.15) is 10.4 Å². The fourth-order valence-electron chi connectivity index (χ4n) is 3.17. The predicted molar refractivity (Wildman–Crippen MR) is 126 cm³/mol. The number of anilines is 1. The molecule has 0 saturated carbocycles. The van der Waals surface area contributed by atoms with Gasteiger partial charge in [-0.2, -0.15) is 0 Å². The van der Waals surface area contributed by atoms with Gasteiger partial charge >= 0.3 is 0 Å². The van der Waals surface area contributed by atoms with Gasteiger partial charge in [-0.1, -0.05) is 6.07 Å². The molecule has 4 rings (SSSR count). The summed E-state index contributed by atoms with van der Waals surface area (Å²) in [6.07, 6.45) is 0. The molecule has 158 valence electrons. The highest BCUT2D eigenvalue weighted by Crippen LogP contribution is 2.41. The van der Waals surface area contributed by atoms with Gasteiger partial charge in [0.15, 0.2) is 17.1 Å². The van der Waals surface area contributed by atoms with Gasteiger partial charge in [-0.05, 0) is 71.1 Å². The average Bonchev–Trinajstić information content (AvgIpc) is 3.21. The minimum atomic E-state index is -0.189. The molecule has 0 unspecified atom stereocenters. The highest BCUT2D eigenvalue weighted by atomic mass is 127. The Morgan fingerprint density at radius 1 is 0.968 bits per heavy atom. The Bertz CT molecular complexity index is 1240. The number of fused-ring (bicyclic) bond motifs is 1. The van der Waals surface area contributed by atoms with Crippen LogP contribution >= 0.6 is 22.6 Å². The number of hydrogen-bond donors (Lipinski definition) is 1. The summed E-state index contributed by atoms with van der Waals surface area (Å²) in [5.41, 5.74) is 3.10. The molecular formula is C23H19IN2O5. The van der Waals surface area contributed by atoms with Gasteiger partial charge in [0.25, 0.3) is 5.91 Å². The van der Waals surface area contributed by atoms with Crippen molar-refractivity contribution in [3.63, 3.8) is 0 Å². The number of oxazole rings is 1. The molecule has 3 aromatic carbocycles. The Balaban J connectivity index is 1.66. The van der Waals surface area contributed by atoms with E-state index >= 15 is 0 Å². The zero-order chi connectivity index (χ0) is 22.0. The lowest BCUT2D eigenvalue weighted by molar-refractivity contribution is 0.102. The van der Waals surface area contributed by atoms with Gasteiger partial charge < -0.3 is 23.9 Å². The fourth-order valence-corrected chi connectivity index (χ4v) is 3.71. The Morgan fingerprint density at radius 3 is 2.35 bits per heavy atom. The number of methoxy groups -OCH3 is 3. The van der Waals surface area contributed by atoms with Crippen molar-refractivity contribution in [2.24, 2.45) is 0 Å². The summed E-state index contributed by atoms with van der Waals surface area (Å²) in [4.78, 5) is 17.1. The van der Waals surface area contributed by atoms with Crippen LogP contribution in [0.2, 0.25) is 0 Å². The van der Waals surface area contributed by atoms with Gasteiger partial charge in [0.1, 0.15) is 5.52 Å². The minimum absolute atomic E-state index is 0.189. The SMILES string of the molecule is COc1cc(-c2nc3cc(NC(=O)c4cccc(I)c4)ccc3o2)cc(OC)c1OC. The standard InChI is InChI=1S/C23H19IN2O5/c1-28-19-10-14(11-20(29-2)21(19)30-3)23-26-17-12-16(7-8-18(17)31-23)25-22(27)13-5-4-6-15(24)9-13/h4-12H,1-3H3,(H,25,27). The Labute approximate surface area is 192 Å². The summed E-state index contributed by atoms with van der Waals surface area (Å²) in [5, 5.41) is 2.90. The molecule has 1 N–H and O–H groups in total.